The number of ether oxygens (including phenoxy) is 2. The van der Waals surface area contributed by atoms with Crippen molar-refractivity contribution < 1.29 is 29.0 Å². The van der Waals surface area contributed by atoms with E-state index in [9.17, 15) is 19.5 Å². The highest BCUT2D eigenvalue weighted by Crippen LogP contribution is 2.65. The molecule has 3 aliphatic heterocycles. The Kier molecular flexibility index (Phi) is 11.7. The normalized spacial score (nSPS) is 22.4. The fraction of sp³-hybridized carbons (Fsp3) is 0.581. The Morgan fingerprint density at radius 2 is 1.67 bits per heavy atom. The molecule has 0 saturated carbocycles. The number of fused-ring (bicyclic) bond motifs is 2. The van der Waals surface area contributed by atoms with Crippen molar-refractivity contribution in [1.82, 2.24) is 4.90 Å². The van der Waals surface area contributed by atoms with Crippen LogP contribution in [0.4, 0.5) is 5.69 Å². The fourth-order valence-electron chi connectivity index (χ4n) is 5.60. The van der Waals surface area contributed by atoms with Gasteiger partial charge in [-0.2, -0.15) is 0 Å². The smallest absolute Gasteiger partial charge is 0.250 e. The zero-order valence-electron chi connectivity index (χ0n) is 26.2. The average Bonchev–Trinajstić information content (AvgIpc) is 3.27. The first-order valence-corrected chi connectivity index (χ1v) is 17.1. The van der Waals surface area contributed by atoms with E-state index in [0.717, 1.165) is 32.9 Å². The molecule has 1 fully saturated rings. The van der Waals surface area contributed by atoms with Gasteiger partial charge in [0.25, 0.3) is 0 Å². The molecule has 1 aromatic carbocycles. The third-order valence-electron chi connectivity index (χ3n) is 8.08. The molecular weight excluding hydrogens is 593 g/mol. The highest BCUT2D eigenvalue weighted by Gasteiger charge is 2.52. The van der Waals surface area contributed by atoms with E-state index in [1.807, 2.05) is 19.9 Å². The standard InChI is InChI=1S/C29H38N2O6S3.C2H6/c1-8-28(5)14-30(27(35)18(3)31-22(33)12-13-23(31)34)25-20(10-9-11-21(25)32)24-26(28)40-19(4)17(2)29(24,38-15-36-6)39-16-37-7;1-2/h9-11,18,32H,8,12-16H2,1-7H3;1-2H3. The number of para-hydroxylation sites is 1. The second kappa shape index (κ2) is 14.2. The van der Waals surface area contributed by atoms with Crippen LogP contribution in [0.2, 0.25) is 0 Å². The van der Waals surface area contributed by atoms with Gasteiger partial charge in [-0.15, -0.1) is 23.5 Å². The van der Waals surface area contributed by atoms with Crippen molar-refractivity contribution in [1.29, 1.82) is 0 Å². The molecule has 1 aromatic rings. The quantitative estimate of drug-likeness (QED) is 0.231. The van der Waals surface area contributed by atoms with Crippen LogP contribution < -0.4 is 4.90 Å². The van der Waals surface area contributed by atoms with Crippen molar-refractivity contribution in [2.45, 2.75) is 77.8 Å². The lowest BCUT2D eigenvalue weighted by molar-refractivity contribution is -0.145. The molecule has 8 nitrogen and oxygen atoms in total. The zero-order valence-corrected chi connectivity index (χ0v) is 28.6. The summed E-state index contributed by atoms with van der Waals surface area (Å²) in [5, 5.41) is 11.4. The largest absolute Gasteiger partial charge is 0.506 e. The van der Waals surface area contributed by atoms with Gasteiger partial charge in [-0.05, 0) is 43.7 Å². The number of anilines is 1. The molecule has 4 rings (SSSR count). The van der Waals surface area contributed by atoms with E-state index < -0.39 is 21.4 Å². The topological polar surface area (TPSA) is 96.4 Å². The van der Waals surface area contributed by atoms with Crippen LogP contribution >= 0.6 is 35.3 Å². The van der Waals surface area contributed by atoms with Crippen molar-refractivity contribution >= 4 is 64.3 Å². The van der Waals surface area contributed by atoms with E-state index in [0.29, 0.717) is 17.6 Å². The summed E-state index contributed by atoms with van der Waals surface area (Å²) < 4.78 is 10.5. The Morgan fingerprint density at radius 1 is 1.10 bits per heavy atom. The number of thioether (sulfide) groups is 3. The SMILES string of the molecule is CC.CCC1(C)CN(C(=O)C(C)N2C(=O)CCC2=O)c2c(O)cccc2C2=C1SC(C)=C(C)C2(SCOC)SCOC. The number of hydrogen-bond acceptors (Lipinski definition) is 9. The number of carbonyl (C=O) groups excluding carboxylic acids is 3. The number of rotatable bonds is 9. The van der Waals surface area contributed by atoms with Gasteiger partial charge in [-0.25, -0.2) is 0 Å². The van der Waals surface area contributed by atoms with Crippen LogP contribution in [0, 0.1) is 5.41 Å². The number of methoxy groups -OCH3 is 2. The fourth-order valence-corrected chi connectivity index (χ4v) is 9.93. The van der Waals surface area contributed by atoms with Crippen molar-refractivity contribution in [3.8, 4) is 5.75 Å². The molecule has 2 unspecified atom stereocenters. The minimum absolute atomic E-state index is 0.0272. The molecule has 1 saturated heterocycles. The number of imide groups is 1. The lowest BCUT2D eigenvalue weighted by Gasteiger charge is -2.44. The number of likely N-dealkylation sites (tertiary alicyclic amines) is 1. The molecule has 0 radical (unpaired) electrons. The van der Waals surface area contributed by atoms with E-state index in [1.165, 1.54) is 4.91 Å². The Bertz CT molecular complexity index is 1260. The molecule has 0 aromatic heterocycles. The number of nitrogens with zero attached hydrogens (tertiary/aromatic N) is 2. The summed E-state index contributed by atoms with van der Waals surface area (Å²) in [6.07, 6.45) is 0.939. The first-order valence-electron chi connectivity index (χ1n) is 14.3. The van der Waals surface area contributed by atoms with Crippen molar-refractivity contribution in [2.24, 2.45) is 5.41 Å². The van der Waals surface area contributed by atoms with Crippen LogP contribution in [0.3, 0.4) is 0 Å². The number of phenolic OH excluding ortho intramolecular Hbond substituents is 1. The summed E-state index contributed by atoms with van der Waals surface area (Å²) in [4.78, 5) is 44.4. The van der Waals surface area contributed by atoms with Crippen LogP contribution in [-0.2, 0) is 23.9 Å². The van der Waals surface area contributed by atoms with Gasteiger partial charge in [0.05, 0.1) is 17.6 Å². The summed E-state index contributed by atoms with van der Waals surface area (Å²) in [5.41, 5.74) is 2.84. The Balaban J connectivity index is 0.00000237. The molecule has 3 heterocycles. The first kappa shape index (κ1) is 34.6. The molecule has 11 heteroatoms. The Morgan fingerprint density at radius 3 is 2.19 bits per heavy atom. The number of benzene rings is 1. The molecule has 232 valence electrons. The lowest BCUT2D eigenvalue weighted by atomic mass is 9.82. The molecular formula is C31H44N2O6S3. The minimum Gasteiger partial charge on any atom is -0.506 e. The van der Waals surface area contributed by atoms with E-state index in [2.05, 4.69) is 27.7 Å². The molecule has 0 aliphatic carbocycles. The second-order valence-electron chi connectivity index (χ2n) is 10.6. The summed E-state index contributed by atoms with van der Waals surface area (Å²) in [7, 11) is 3.35. The third kappa shape index (κ3) is 6.04. The maximum atomic E-state index is 14.3. The number of carbonyl (C=O) groups is 3. The third-order valence-corrected chi connectivity index (χ3v) is 12.8. The summed E-state index contributed by atoms with van der Waals surface area (Å²) in [5.74, 6) is -0.244. The van der Waals surface area contributed by atoms with Crippen molar-refractivity contribution in [2.75, 3.05) is 37.5 Å². The summed E-state index contributed by atoms with van der Waals surface area (Å²) in [6.45, 7) is 14.4. The number of allylic oxidation sites excluding steroid dienone is 1. The molecule has 1 N–H and O–H groups in total. The van der Waals surface area contributed by atoms with Crippen LogP contribution in [0.25, 0.3) is 5.57 Å². The van der Waals surface area contributed by atoms with Gasteiger partial charge in [0.1, 0.15) is 15.9 Å². The molecule has 42 heavy (non-hydrogen) atoms. The van der Waals surface area contributed by atoms with Gasteiger partial charge in [-0.1, -0.05) is 51.6 Å². The van der Waals surface area contributed by atoms with Crippen molar-refractivity contribution in [3.05, 3.63) is 39.1 Å². The van der Waals surface area contributed by atoms with Crippen molar-refractivity contribution in [3.63, 3.8) is 0 Å². The minimum atomic E-state index is -0.990. The highest BCUT2D eigenvalue weighted by molar-refractivity contribution is 8.19. The molecule has 2 atom stereocenters. The van der Waals surface area contributed by atoms with E-state index in [1.54, 1.807) is 73.5 Å². The van der Waals surface area contributed by atoms with E-state index in [-0.39, 0.29) is 37.0 Å². The van der Waals surface area contributed by atoms with Crippen LogP contribution in [0.15, 0.2) is 33.6 Å². The maximum absolute atomic E-state index is 14.3. The number of aromatic hydroxyl groups is 1. The molecule has 3 aliphatic rings. The lowest BCUT2D eigenvalue weighted by Crippen LogP contribution is -2.51. The van der Waals surface area contributed by atoms with Gasteiger partial charge >= 0.3 is 0 Å². The Hall–Kier alpha value is -1.92. The molecule has 0 spiro atoms. The number of hydrogen-bond donors (Lipinski definition) is 1. The van der Waals surface area contributed by atoms with E-state index >= 15 is 0 Å². The first-order chi connectivity index (χ1) is 20.0. The average molecular weight is 637 g/mol. The zero-order chi connectivity index (χ0) is 31.4. The molecule has 3 amide bonds. The number of amides is 3. The molecule has 0 bridgehead atoms. The predicted molar refractivity (Wildman–Crippen MR) is 175 cm³/mol. The Labute approximate surface area is 263 Å². The van der Waals surface area contributed by atoms with Gasteiger partial charge in [0.15, 0.2) is 0 Å². The summed E-state index contributed by atoms with van der Waals surface area (Å²) >= 11 is 5.04. The van der Waals surface area contributed by atoms with Gasteiger partial charge in [-0.3, -0.25) is 19.3 Å². The number of phenols is 1. The van der Waals surface area contributed by atoms with Gasteiger partial charge in [0.2, 0.25) is 17.7 Å². The van der Waals surface area contributed by atoms with Crippen LogP contribution in [-0.4, -0.2) is 70.5 Å². The maximum Gasteiger partial charge on any atom is 0.250 e. The van der Waals surface area contributed by atoms with Gasteiger partial charge < -0.3 is 19.5 Å². The monoisotopic (exact) mass is 636 g/mol. The second-order valence-corrected chi connectivity index (χ2v) is 14.3. The predicted octanol–water partition coefficient (Wildman–Crippen LogP) is 6.84. The van der Waals surface area contributed by atoms with E-state index in [4.69, 9.17) is 9.47 Å². The van der Waals surface area contributed by atoms with Gasteiger partial charge in [0, 0.05) is 55.1 Å². The highest BCUT2D eigenvalue weighted by atomic mass is 32.2. The van der Waals surface area contributed by atoms with Crippen LogP contribution in [0.1, 0.15) is 73.3 Å². The summed E-state index contributed by atoms with van der Waals surface area (Å²) in [6, 6.07) is 4.34. The van der Waals surface area contributed by atoms with Crippen LogP contribution in [0.5, 0.6) is 5.75 Å².